The first kappa shape index (κ1) is 21.9. The number of aliphatic hydroxyl groups is 1. The normalized spacial score (nSPS) is 19.4. The first-order chi connectivity index (χ1) is 15.5. The summed E-state index contributed by atoms with van der Waals surface area (Å²) in [5.41, 5.74) is 0.715. The Morgan fingerprint density at radius 2 is 2.12 bits per heavy atom. The predicted octanol–water partition coefficient (Wildman–Crippen LogP) is 2.59. The number of ether oxygens (including phenoxy) is 3. The van der Waals surface area contributed by atoms with Crippen LogP contribution in [0.4, 0.5) is 4.39 Å². The first-order valence-corrected chi connectivity index (χ1v) is 10.2. The second-order valence-electron chi connectivity index (χ2n) is 7.47. The smallest absolute Gasteiger partial charge is 0.270 e. The third-order valence-corrected chi connectivity index (χ3v) is 5.45. The molecule has 8 nitrogen and oxygen atoms in total. The number of methoxy groups -OCH3 is 2. The standard InChI is InChI=1S/C23H24FN3O5/c1-30-18-5-3-4-13-10-15(20(24)14-6-7-19(31-2)25-11-14)22(27-21(13)18)23(29)26-16-8-9-32-12-17(16)28/h3-7,10-11,16-17,20,28H,8-9,12H2,1-2H3,(H,26,29)/t16-,17-,20?/m0/s1. The fraction of sp³-hybridized carbons (Fsp3) is 0.348. The molecule has 0 aliphatic carbocycles. The van der Waals surface area contributed by atoms with E-state index in [2.05, 4.69) is 15.3 Å². The van der Waals surface area contributed by atoms with Gasteiger partial charge in [0.1, 0.15) is 17.0 Å². The van der Waals surface area contributed by atoms with Gasteiger partial charge in [-0.2, -0.15) is 0 Å². The van der Waals surface area contributed by atoms with Crippen molar-refractivity contribution in [3.8, 4) is 11.6 Å². The van der Waals surface area contributed by atoms with Crippen molar-refractivity contribution in [1.29, 1.82) is 0 Å². The van der Waals surface area contributed by atoms with Gasteiger partial charge in [0.2, 0.25) is 5.88 Å². The van der Waals surface area contributed by atoms with Crippen LogP contribution in [-0.2, 0) is 4.74 Å². The van der Waals surface area contributed by atoms with Crippen LogP contribution in [0.1, 0.15) is 34.2 Å². The molecule has 1 fully saturated rings. The number of alkyl halides is 1. The quantitative estimate of drug-likeness (QED) is 0.606. The molecule has 3 atom stereocenters. The number of amides is 1. The molecule has 3 aromatic rings. The molecular weight excluding hydrogens is 417 g/mol. The van der Waals surface area contributed by atoms with E-state index < -0.39 is 24.2 Å². The van der Waals surface area contributed by atoms with Crippen molar-refractivity contribution in [3.05, 3.63) is 59.4 Å². The van der Waals surface area contributed by atoms with Gasteiger partial charge in [-0.15, -0.1) is 0 Å². The lowest BCUT2D eigenvalue weighted by atomic mass is 9.99. The predicted molar refractivity (Wildman–Crippen MR) is 115 cm³/mol. The highest BCUT2D eigenvalue weighted by Gasteiger charge is 2.29. The third kappa shape index (κ3) is 4.35. The molecule has 0 radical (unpaired) electrons. The van der Waals surface area contributed by atoms with Gasteiger partial charge in [-0.05, 0) is 24.6 Å². The number of fused-ring (bicyclic) bond motifs is 1. The number of carbonyl (C=O) groups is 1. The minimum absolute atomic E-state index is 0.0796. The van der Waals surface area contributed by atoms with E-state index in [4.69, 9.17) is 14.2 Å². The molecule has 0 bridgehead atoms. The van der Waals surface area contributed by atoms with Crippen molar-refractivity contribution in [2.45, 2.75) is 24.7 Å². The van der Waals surface area contributed by atoms with Crippen LogP contribution < -0.4 is 14.8 Å². The molecule has 1 aliphatic rings. The lowest BCUT2D eigenvalue weighted by molar-refractivity contribution is -0.0261. The Bertz CT molecular complexity index is 1110. The number of pyridine rings is 2. The Morgan fingerprint density at radius 1 is 1.28 bits per heavy atom. The Kier molecular flexibility index (Phi) is 6.48. The average Bonchev–Trinajstić information content (AvgIpc) is 2.83. The Morgan fingerprint density at radius 3 is 2.81 bits per heavy atom. The van der Waals surface area contributed by atoms with E-state index in [1.807, 2.05) is 0 Å². The van der Waals surface area contributed by atoms with Gasteiger partial charge in [0, 0.05) is 35.4 Å². The van der Waals surface area contributed by atoms with Gasteiger partial charge in [0.05, 0.1) is 33.0 Å². The molecule has 1 amide bonds. The molecule has 0 spiro atoms. The summed E-state index contributed by atoms with van der Waals surface area (Å²) < 4.78 is 31.3. The summed E-state index contributed by atoms with van der Waals surface area (Å²) in [6.07, 6.45) is -0.695. The van der Waals surface area contributed by atoms with Gasteiger partial charge in [-0.25, -0.2) is 14.4 Å². The largest absolute Gasteiger partial charge is 0.494 e. The molecular formula is C23H24FN3O5. The van der Waals surface area contributed by atoms with Crippen molar-refractivity contribution in [3.63, 3.8) is 0 Å². The van der Waals surface area contributed by atoms with Crippen LogP contribution in [0, 0.1) is 0 Å². The van der Waals surface area contributed by atoms with E-state index in [1.54, 1.807) is 36.4 Å². The van der Waals surface area contributed by atoms with E-state index in [1.165, 1.54) is 20.4 Å². The molecule has 0 saturated carbocycles. The fourth-order valence-corrected chi connectivity index (χ4v) is 3.70. The van der Waals surface area contributed by atoms with Gasteiger partial charge >= 0.3 is 0 Å². The van der Waals surface area contributed by atoms with Crippen LogP contribution in [0.3, 0.4) is 0 Å². The third-order valence-electron chi connectivity index (χ3n) is 5.45. The summed E-state index contributed by atoms with van der Waals surface area (Å²) in [6, 6.07) is 9.45. The van der Waals surface area contributed by atoms with Crippen LogP contribution in [0.5, 0.6) is 11.6 Å². The number of aliphatic hydroxyl groups excluding tert-OH is 1. The van der Waals surface area contributed by atoms with Crippen molar-refractivity contribution in [2.75, 3.05) is 27.4 Å². The van der Waals surface area contributed by atoms with Crippen molar-refractivity contribution in [2.24, 2.45) is 0 Å². The lowest BCUT2D eigenvalue weighted by Gasteiger charge is -2.28. The highest BCUT2D eigenvalue weighted by molar-refractivity contribution is 5.98. The van der Waals surface area contributed by atoms with Crippen LogP contribution in [0.15, 0.2) is 42.6 Å². The summed E-state index contributed by atoms with van der Waals surface area (Å²) in [7, 11) is 2.98. The summed E-state index contributed by atoms with van der Waals surface area (Å²) in [4.78, 5) is 21.7. The van der Waals surface area contributed by atoms with E-state index in [0.29, 0.717) is 35.6 Å². The van der Waals surface area contributed by atoms with Gasteiger partial charge in [0.15, 0.2) is 6.17 Å². The number of para-hydroxylation sites is 1. The van der Waals surface area contributed by atoms with E-state index in [9.17, 15) is 9.90 Å². The Labute approximate surface area is 184 Å². The highest BCUT2D eigenvalue weighted by Crippen LogP contribution is 2.33. The minimum atomic E-state index is -1.66. The molecule has 32 heavy (non-hydrogen) atoms. The van der Waals surface area contributed by atoms with Gasteiger partial charge in [-0.3, -0.25) is 4.79 Å². The zero-order valence-electron chi connectivity index (χ0n) is 17.7. The summed E-state index contributed by atoms with van der Waals surface area (Å²) in [5, 5.41) is 13.6. The van der Waals surface area contributed by atoms with E-state index >= 15 is 4.39 Å². The number of hydrogen-bond acceptors (Lipinski definition) is 7. The summed E-state index contributed by atoms with van der Waals surface area (Å²) >= 11 is 0. The number of benzene rings is 1. The maximum Gasteiger partial charge on any atom is 0.270 e. The molecule has 3 heterocycles. The topological polar surface area (TPSA) is 103 Å². The van der Waals surface area contributed by atoms with Gasteiger partial charge in [-0.1, -0.05) is 12.1 Å². The molecule has 1 unspecified atom stereocenters. The monoisotopic (exact) mass is 441 g/mol. The summed E-state index contributed by atoms with van der Waals surface area (Å²) in [5.74, 6) is 0.243. The zero-order valence-corrected chi connectivity index (χ0v) is 17.7. The minimum Gasteiger partial charge on any atom is -0.494 e. The molecule has 2 aromatic heterocycles. The number of nitrogens with zero attached hydrogens (tertiary/aromatic N) is 2. The second kappa shape index (κ2) is 9.46. The van der Waals surface area contributed by atoms with Gasteiger partial charge in [0.25, 0.3) is 5.91 Å². The van der Waals surface area contributed by atoms with Crippen LogP contribution >= 0.6 is 0 Å². The molecule has 9 heteroatoms. The molecule has 1 saturated heterocycles. The number of rotatable bonds is 6. The Balaban J connectivity index is 1.77. The lowest BCUT2D eigenvalue weighted by Crippen LogP contribution is -2.49. The molecule has 4 rings (SSSR count). The maximum atomic E-state index is 15.7. The summed E-state index contributed by atoms with van der Waals surface area (Å²) in [6.45, 7) is 0.539. The van der Waals surface area contributed by atoms with Crippen molar-refractivity contribution >= 4 is 16.8 Å². The fourth-order valence-electron chi connectivity index (χ4n) is 3.70. The first-order valence-electron chi connectivity index (χ1n) is 10.2. The number of nitrogens with one attached hydrogen (secondary N) is 1. The van der Waals surface area contributed by atoms with Crippen LogP contribution in [0.25, 0.3) is 10.9 Å². The van der Waals surface area contributed by atoms with Crippen LogP contribution in [-0.4, -0.2) is 60.6 Å². The van der Waals surface area contributed by atoms with Crippen molar-refractivity contribution in [1.82, 2.24) is 15.3 Å². The number of hydrogen-bond donors (Lipinski definition) is 2. The van der Waals surface area contributed by atoms with E-state index in [-0.39, 0.29) is 23.4 Å². The molecule has 2 N–H and O–H groups in total. The van der Waals surface area contributed by atoms with E-state index in [0.717, 1.165) is 0 Å². The maximum absolute atomic E-state index is 15.7. The van der Waals surface area contributed by atoms with Crippen LogP contribution in [0.2, 0.25) is 0 Å². The highest BCUT2D eigenvalue weighted by atomic mass is 19.1. The second-order valence-corrected chi connectivity index (χ2v) is 7.47. The molecule has 1 aromatic carbocycles. The SMILES string of the molecule is COc1ccc(C(F)c2cc3cccc(OC)c3nc2C(=O)N[C@H]2CCOC[C@@H]2O)cn1. The number of carbonyl (C=O) groups excluding carboxylic acids is 1. The molecule has 1 aliphatic heterocycles. The zero-order chi connectivity index (χ0) is 22.7. The van der Waals surface area contributed by atoms with Crippen molar-refractivity contribution < 1.29 is 28.5 Å². The Hall–Kier alpha value is -3.30. The number of aromatic nitrogens is 2. The van der Waals surface area contributed by atoms with Gasteiger partial charge < -0.3 is 24.6 Å². The number of halogens is 1. The molecule has 168 valence electrons. The average molecular weight is 441 g/mol.